The van der Waals surface area contributed by atoms with Crippen molar-refractivity contribution < 1.29 is 5.11 Å². The van der Waals surface area contributed by atoms with E-state index >= 15 is 0 Å². The Morgan fingerprint density at radius 2 is 2.29 bits per heavy atom. The summed E-state index contributed by atoms with van der Waals surface area (Å²) in [6, 6.07) is 9.14. The van der Waals surface area contributed by atoms with Gasteiger partial charge in [0.1, 0.15) is 11.6 Å². The molecule has 1 N–H and O–H groups in total. The van der Waals surface area contributed by atoms with E-state index in [1.54, 1.807) is 24.4 Å². The van der Waals surface area contributed by atoms with Crippen molar-refractivity contribution in [3.8, 4) is 17.5 Å². The van der Waals surface area contributed by atoms with Crippen LogP contribution < -0.4 is 0 Å². The second kappa shape index (κ2) is 4.71. The number of aromatic hydroxyl groups is 1. The summed E-state index contributed by atoms with van der Waals surface area (Å²) in [6.45, 7) is 1.90. The van der Waals surface area contributed by atoms with Crippen molar-refractivity contribution in [1.82, 2.24) is 9.55 Å². The van der Waals surface area contributed by atoms with Gasteiger partial charge >= 0.3 is 0 Å². The molecule has 1 heterocycles. The molecule has 17 heavy (non-hydrogen) atoms. The molecule has 1 aromatic carbocycles. The molecular formula is C13H13N3O. The fourth-order valence-electron chi connectivity index (χ4n) is 1.84. The largest absolute Gasteiger partial charge is 0.508 e. The smallest absolute Gasteiger partial charge is 0.117 e. The number of aryl methyl sites for hydroxylation is 2. The Labute approximate surface area is 99.8 Å². The summed E-state index contributed by atoms with van der Waals surface area (Å²) in [7, 11) is 0. The number of imidazole rings is 1. The van der Waals surface area contributed by atoms with E-state index in [0.29, 0.717) is 12.8 Å². The van der Waals surface area contributed by atoms with E-state index in [1.165, 1.54) is 0 Å². The molecule has 2 aromatic rings. The zero-order valence-corrected chi connectivity index (χ0v) is 9.59. The number of phenols is 1. The molecular weight excluding hydrogens is 214 g/mol. The number of aromatic nitrogens is 2. The van der Waals surface area contributed by atoms with Crippen molar-refractivity contribution in [2.75, 3.05) is 0 Å². The molecule has 0 aliphatic rings. The third-order valence-corrected chi connectivity index (χ3v) is 2.59. The first-order valence-electron chi connectivity index (χ1n) is 5.42. The van der Waals surface area contributed by atoms with Crippen LogP contribution in [-0.2, 0) is 6.42 Å². The zero-order chi connectivity index (χ0) is 12.3. The Bertz CT molecular complexity index is 566. The van der Waals surface area contributed by atoms with Gasteiger partial charge in [-0.3, -0.25) is 0 Å². The molecule has 0 unspecified atom stereocenters. The molecule has 4 heteroatoms. The van der Waals surface area contributed by atoms with Gasteiger partial charge < -0.3 is 9.67 Å². The summed E-state index contributed by atoms with van der Waals surface area (Å²) >= 11 is 0. The maximum atomic E-state index is 9.48. The Kier molecular flexibility index (Phi) is 3.10. The van der Waals surface area contributed by atoms with Gasteiger partial charge in [0.2, 0.25) is 0 Å². The first kappa shape index (κ1) is 11.2. The van der Waals surface area contributed by atoms with Gasteiger partial charge in [0.05, 0.1) is 11.8 Å². The SMILES string of the molecule is Cc1ncc(CCC#N)n1-c1cccc(O)c1. The Morgan fingerprint density at radius 1 is 1.47 bits per heavy atom. The Morgan fingerprint density at radius 3 is 3.00 bits per heavy atom. The summed E-state index contributed by atoms with van der Waals surface area (Å²) in [6.07, 6.45) is 2.90. The monoisotopic (exact) mass is 227 g/mol. The van der Waals surface area contributed by atoms with E-state index in [1.807, 2.05) is 17.6 Å². The molecule has 0 radical (unpaired) electrons. The lowest BCUT2D eigenvalue weighted by molar-refractivity contribution is 0.475. The molecule has 2 rings (SSSR count). The van der Waals surface area contributed by atoms with Gasteiger partial charge in [0, 0.05) is 30.8 Å². The van der Waals surface area contributed by atoms with Crippen LogP contribution in [-0.4, -0.2) is 14.7 Å². The highest BCUT2D eigenvalue weighted by Gasteiger charge is 2.08. The quantitative estimate of drug-likeness (QED) is 0.875. The number of hydrogen-bond donors (Lipinski definition) is 1. The minimum absolute atomic E-state index is 0.224. The molecule has 4 nitrogen and oxygen atoms in total. The Balaban J connectivity index is 2.44. The number of hydrogen-bond acceptors (Lipinski definition) is 3. The molecule has 0 saturated heterocycles. The third-order valence-electron chi connectivity index (χ3n) is 2.59. The first-order valence-corrected chi connectivity index (χ1v) is 5.42. The number of nitrogens with zero attached hydrogens (tertiary/aromatic N) is 3. The maximum absolute atomic E-state index is 9.48. The Hall–Kier alpha value is -2.28. The number of rotatable bonds is 3. The predicted molar refractivity (Wildman–Crippen MR) is 63.9 cm³/mol. The highest BCUT2D eigenvalue weighted by molar-refractivity contribution is 5.41. The van der Waals surface area contributed by atoms with Crippen LogP contribution in [0.5, 0.6) is 5.75 Å². The second-order valence-corrected chi connectivity index (χ2v) is 3.81. The van der Waals surface area contributed by atoms with Gasteiger partial charge in [-0.1, -0.05) is 6.07 Å². The molecule has 86 valence electrons. The molecule has 0 fully saturated rings. The second-order valence-electron chi connectivity index (χ2n) is 3.81. The lowest BCUT2D eigenvalue weighted by atomic mass is 10.2. The van der Waals surface area contributed by atoms with Crippen molar-refractivity contribution in [2.45, 2.75) is 19.8 Å². The van der Waals surface area contributed by atoms with Gasteiger partial charge in [0.15, 0.2) is 0 Å². The number of nitriles is 1. The normalized spacial score (nSPS) is 10.1. The standard InChI is InChI=1S/C13H13N3O/c1-10-15-9-12(5-3-7-14)16(10)11-4-2-6-13(17)8-11/h2,4,6,8-9,17H,3,5H2,1H3. The first-order chi connectivity index (χ1) is 8.22. The molecule has 0 spiro atoms. The van der Waals surface area contributed by atoms with Crippen molar-refractivity contribution in [2.24, 2.45) is 0 Å². The van der Waals surface area contributed by atoms with Gasteiger partial charge in [-0.15, -0.1) is 0 Å². The molecule has 0 saturated carbocycles. The fraction of sp³-hybridized carbons (Fsp3) is 0.231. The van der Waals surface area contributed by atoms with E-state index in [-0.39, 0.29) is 5.75 Å². The van der Waals surface area contributed by atoms with Gasteiger partial charge in [0.25, 0.3) is 0 Å². The molecule has 0 atom stereocenters. The van der Waals surface area contributed by atoms with Gasteiger partial charge in [-0.25, -0.2) is 4.98 Å². The summed E-state index contributed by atoms with van der Waals surface area (Å²) in [5.41, 5.74) is 1.85. The zero-order valence-electron chi connectivity index (χ0n) is 9.59. The van der Waals surface area contributed by atoms with Crippen molar-refractivity contribution in [1.29, 1.82) is 5.26 Å². The summed E-state index contributed by atoms with van der Waals surface area (Å²) in [5.74, 6) is 1.07. The van der Waals surface area contributed by atoms with Crippen LogP contribution in [0.25, 0.3) is 5.69 Å². The number of phenolic OH excluding ortho intramolecular Hbond substituents is 1. The molecule has 0 amide bonds. The lowest BCUT2D eigenvalue weighted by Crippen LogP contribution is -2.02. The van der Waals surface area contributed by atoms with Crippen molar-refractivity contribution in [3.63, 3.8) is 0 Å². The highest BCUT2D eigenvalue weighted by Crippen LogP contribution is 2.19. The average Bonchev–Trinajstić information content (AvgIpc) is 2.68. The maximum Gasteiger partial charge on any atom is 0.117 e. The predicted octanol–water partition coefficient (Wildman–Crippen LogP) is 2.34. The van der Waals surface area contributed by atoms with Crippen LogP contribution in [0.3, 0.4) is 0 Å². The van der Waals surface area contributed by atoms with Crippen LogP contribution in [0.1, 0.15) is 17.9 Å². The van der Waals surface area contributed by atoms with Crippen molar-refractivity contribution >= 4 is 0 Å². The number of benzene rings is 1. The fourth-order valence-corrected chi connectivity index (χ4v) is 1.84. The summed E-state index contributed by atoms with van der Waals surface area (Å²) in [4.78, 5) is 4.25. The average molecular weight is 227 g/mol. The summed E-state index contributed by atoms with van der Waals surface area (Å²) < 4.78 is 1.96. The topological polar surface area (TPSA) is 61.8 Å². The van der Waals surface area contributed by atoms with Crippen LogP contribution in [0, 0.1) is 18.3 Å². The van der Waals surface area contributed by atoms with Crippen LogP contribution in [0.15, 0.2) is 30.5 Å². The minimum atomic E-state index is 0.224. The van der Waals surface area contributed by atoms with Crippen LogP contribution >= 0.6 is 0 Å². The van der Waals surface area contributed by atoms with E-state index in [0.717, 1.165) is 17.2 Å². The molecule has 1 aromatic heterocycles. The van der Waals surface area contributed by atoms with E-state index in [2.05, 4.69) is 11.1 Å². The van der Waals surface area contributed by atoms with Crippen LogP contribution in [0.2, 0.25) is 0 Å². The third kappa shape index (κ3) is 2.28. The van der Waals surface area contributed by atoms with E-state index in [9.17, 15) is 5.11 Å². The highest BCUT2D eigenvalue weighted by atomic mass is 16.3. The van der Waals surface area contributed by atoms with Gasteiger partial charge in [-0.05, 0) is 19.1 Å². The molecule has 0 bridgehead atoms. The van der Waals surface area contributed by atoms with E-state index < -0.39 is 0 Å². The lowest BCUT2D eigenvalue weighted by Gasteiger charge is -2.09. The molecule has 0 aliphatic heterocycles. The van der Waals surface area contributed by atoms with Gasteiger partial charge in [-0.2, -0.15) is 5.26 Å². The van der Waals surface area contributed by atoms with Crippen molar-refractivity contribution in [3.05, 3.63) is 42.0 Å². The van der Waals surface area contributed by atoms with E-state index in [4.69, 9.17) is 5.26 Å². The van der Waals surface area contributed by atoms with Crippen LogP contribution in [0.4, 0.5) is 0 Å². The minimum Gasteiger partial charge on any atom is -0.508 e. The molecule has 0 aliphatic carbocycles. The summed E-state index contributed by atoms with van der Waals surface area (Å²) in [5, 5.41) is 18.1.